The highest BCUT2D eigenvalue weighted by molar-refractivity contribution is 7.95. The van der Waals surface area contributed by atoms with Gasteiger partial charge in [0.2, 0.25) is 0 Å². The number of rotatable bonds is 8. The molecule has 0 bridgehead atoms. The lowest BCUT2D eigenvalue weighted by molar-refractivity contribution is -0.144. The van der Waals surface area contributed by atoms with Gasteiger partial charge in [-0.15, -0.1) is 0 Å². The predicted octanol–water partition coefficient (Wildman–Crippen LogP) is 4.08. The number of hydrogen-bond acceptors (Lipinski definition) is 5. The molecule has 0 amide bonds. The Morgan fingerprint density at radius 2 is 1.10 bits per heavy atom. The molecule has 5 nitrogen and oxygen atoms in total. The minimum absolute atomic E-state index is 0.201. The molecule has 2 saturated heterocycles. The van der Waals surface area contributed by atoms with E-state index in [0.717, 1.165) is 21.5 Å². The van der Waals surface area contributed by atoms with E-state index in [1.807, 2.05) is 84.9 Å². The van der Waals surface area contributed by atoms with Crippen LogP contribution in [0.5, 0.6) is 0 Å². The Morgan fingerprint density at radius 1 is 0.667 bits per heavy atom. The van der Waals surface area contributed by atoms with Gasteiger partial charge in [0.25, 0.3) is 0 Å². The molecule has 198 valence electrons. The van der Waals surface area contributed by atoms with E-state index in [1.165, 1.54) is 0 Å². The van der Waals surface area contributed by atoms with E-state index in [2.05, 4.69) is 36.4 Å². The van der Waals surface area contributed by atoms with Gasteiger partial charge in [0.15, 0.2) is 6.10 Å². The fourth-order valence-corrected chi connectivity index (χ4v) is 9.09. The Hall–Kier alpha value is -3.47. The number of carbonyl (C=O) groups excluding carboxylic acids is 1. The van der Waals surface area contributed by atoms with Crippen LogP contribution < -0.4 is 15.9 Å². The predicted molar refractivity (Wildman–Crippen MR) is 156 cm³/mol. The molecule has 4 aromatic carbocycles. The van der Waals surface area contributed by atoms with Crippen LogP contribution in [0.15, 0.2) is 121 Å². The third-order valence-electron chi connectivity index (χ3n) is 7.33. The van der Waals surface area contributed by atoms with Crippen molar-refractivity contribution >= 4 is 34.6 Å². The Bertz CT molecular complexity index is 1320. The first kappa shape index (κ1) is 25.8. The summed E-state index contributed by atoms with van der Waals surface area (Å²) >= 11 is 0. The van der Waals surface area contributed by atoms with Crippen LogP contribution in [-0.2, 0) is 30.3 Å². The normalized spacial score (nSPS) is 22.3. The molecule has 39 heavy (non-hydrogen) atoms. The second-order valence-corrected chi connectivity index (χ2v) is 13.0. The summed E-state index contributed by atoms with van der Waals surface area (Å²) in [6.45, 7) is -1.28. The third kappa shape index (κ3) is 5.36. The van der Waals surface area contributed by atoms with Gasteiger partial charge >= 0.3 is 5.97 Å². The molecule has 4 aromatic rings. The SMILES string of the molecule is O=C(C=P(c1ccccc1)(c1ccccc1)c1ccccc1)OC1COC2C(OCc3ccccc3)COC12. The summed E-state index contributed by atoms with van der Waals surface area (Å²) in [6.07, 6.45) is -1.30. The minimum atomic E-state index is -2.46. The van der Waals surface area contributed by atoms with Crippen molar-refractivity contribution in [2.45, 2.75) is 31.0 Å². The Labute approximate surface area is 229 Å². The molecule has 4 unspecified atom stereocenters. The molecule has 4 atom stereocenters. The van der Waals surface area contributed by atoms with Crippen LogP contribution in [0.1, 0.15) is 5.56 Å². The number of benzene rings is 4. The fraction of sp³-hybridized carbons (Fsp3) is 0.212. The molecule has 6 heteroatoms. The smallest absolute Gasteiger partial charge is 0.332 e. The maximum atomic E-state index is 13.7. The van der Waals surface area contributed by atoms with Gasteiger partial charge in [0.05, 0.1) is 19.8 Å². The van der Waals surface area contributed by atoms with Gasteiger partial charge in [-0.1, -0.05) is 121 Å². The molecule has 2 heterocycles. The van der Waals surface area contributed by atoms with Crippen LogP contribution in [0.2, 0.25) is 0 Å². The van der Waals surface area contributed by atoms with Gasteiger partial charge in [0, 0.05) is 5.80 Å². The minimum Gasteiger partial charge on any atom is -0.454 e. The van der Waals surface area contributed by atoms with Crippen molar-refractivity contribution in [3.8, 4) is 0 Å². The van der Waals surface area contributed by atoms with Crippen molar-refractivity contribution in [1.82, 2.24) is 0 Å². The first-order chi connectivity index (χ1) is 19.2. The molecule has 0 radical (unpaired) electrons. The van der Waals surface area contributed by atoms with Crippen LogP contribution in [0.3, 0.4) is 0 Å². The highest BCUT2D eigenvalue weighted by atomic mass is 31.2. The highest BCUT2D eigenvalue weighted by Crippen LogP contribution is 2.43. The van der Waals surface area contributed by atoms with Crippen molar-refractivity contribution in [3.05, 3.63) is 127 Å². The quantitative estimate of drug-likeness (QED) is 0.250. The fourth-order valence-electron chi connectivity index (χ4n) is 5.45. The second kappa shape index (κ2) is 11.7. The van der Waals surface area contributed by atoms with Gasteiger partial charge in [0.1, 0.15) is 18.3 Å². The van der Waals surface area contributed by atoms with Crippen LogP contribution >= 0.6 is 6.89 Å². The van der Waals surface area contributed by atoms with Gasteiger partial charge in [-0.25, -0.2) is 4.79 Å². The molecule has 0 N–H and O–H groups in total. The molecule has 0 aromatic heterocycles. The largest absolute Gasteiger partial charge is 0.454 e. The van der Waals surface area contributed by atoms with Crippen LogP contribution in [-0.4, -0.2) is 49.4 Å². The van der Waals surface area contributed by atoms with E-state index in [9.17, 15) is 4.79 Å². The number of ether oxygens (including phenoxy) is 4. The summed E-state index contributed by atoms with van der Waals surface area (Å²) in [6, 6.07) is 40.7. The number of esters is 1. The third-order valence-corrected chi connectivity index (χ3v) is 11.3. The van der Waals surface area contributed by atoms with Crippen molar-refractivity contribution in [3.63, 3.8) is 0 Å². The topological polar surface area (TPSA) is 54.0 Å². The molecule has 0 aliphatic carbocycles. The maximum Gasteiger partial charge on any atom is 0.332 e. The van der Waals surface area contributed by atoms with Crippen molar-refractivity contribution in [2.24, 2.45) is 0 Å². The highest BCUT2D eigenvalue weighted by Gasteiger charge is 2.50. The Kier molecular flexibility index (Phi) is 7.76. The summed E-state index contributed by atoms with van der Waals surface area (Å²) in [5.41, 5.74) is 1.10. The monoisotopic (exact) mass is 538 g/mol. The first-order valence-corrected chi connectivity index (χ1v) is 15.1. The van der Waals surface area contributed by atoms with Gasteiger partial charge in [-0.3, -0.25) is 0 Å². The summed E-state index contributed by atoms with van der Waals surface area (Å²) in [7, 11) is 0. The average molecular weight is 539 g/mol. The lowest BCUT2D eigenvalue weighted by Gasteiger charge is -2.28. The van der Waals surface area contributed by atoms with Crippen LogP contribution in [0.4, 0.5) is 0 Å². The van der Waals surface area contributed by atoms with Crippen molar-refractivity contribution in [1.29, 1.82) is 0 Å². The molecule has 2 aliphatic heterocycles. The molecule has 0 saturated carbocycles. The maximum absolute atomic E-state index is 13.7. The average Bonchev–Trinajstić information content (AvgIpc) is 3.59. The van der Waals surface area contributed by atoms with E-state index in [1.54, 1.807) is 5.80 Å². The van der Waals surface area contributed by atoms with Gasteiger partial charge in [-0.2, -0.15) is 0 Å². The Balaban J connectivity index is 1.27. The lowest BCUT2D eigenvalue weighted by Crippen LogP contribution is -2.36. The van der Waals surface area contributed by atoms with Crippen LogP contribution in [0, 0.1) is 0 Å². The number of fused-ring (bicyclic) bond motifs is 1. The summed E-state index contributed by atoms with van der Waals surface area (Å²) in [5, 5.41) is 3.27. The van der Waals surface area contributed by atoms with Gasteiger partial charge < -0.3 is 18.9 Å². The number of hydrogen-bond donors (Lipinski definition) is 0. The molecular weight excluding hydrogens is 507 g/mol. The summed E-state index contributed by atoms with van der Waals surface area (Å²) in [4.78, 5) is 13.7. The molecular formula is C33H31O5P. The van der Waals surface area contributed by atoms with Crippen LogP contribution in [0.25, 0.3) is 0 Å². The molecule has 2 fully saturated rings. The van der Waals surface area contributed by atoms with E-state index < -0.39 is 13.0 Å². The second-order valence-electron chi connectivity index (χ2n) is 9.76. The Morgan fingerprint density at radius 3 is 1.62 bits per heavy atom. The zero-order valence-electron chi connectivity index (χ0n) is 21.5. The zero-order valence-corrected chi connectivity index (χ0v) is 22.4. The molecule has 0 spiro atoms. The standard InChI is InChI=1S/C33H31O5P/c34-31(38-30-23-37-32-29(22-36-33(30)32)35-21-25-13-5-1-6-14-25)24-39(26-15-7-2-8-16-26,27-17-9-3-10-18-27)28-19-11-4-12-20-28/h1-20,24,29-30,32-33H,21-23H2. The molecule has 6 rings (SSSR count). The summed E-state index contributed by atoms with van der Waals surface area (Å²) < 4.78 is 24.3. The molecule has 2 aliphatic rings. The van der Waals surface area contributed by atoms with Gasteiger partial charge in [-0.05, 0) is 28.4 Å². The first-order valence-electron chi connectivity index (χ1n) is 13.2. The van der Waals surface area contributed by atoms with E-state index in [0.29, 0.717) is 13.2 Å². The van der Waals surface area contributed by atoms with Crippen molar-refractivity contribution < 1.29 is 23.7 Å². The summed E-state index contributed by atoms with van der Waals surface area (Å²) in [5.74, 6) is 1.44. The number of carbonyl (C=O) groups is 1. The zero-order chi connectivity index (χ0) is 26.5. The van der Waals surface area contributed by atoms with E-state index in [-0.39, 0.29) is 30.9 Å². The lowest BCUT2D eigenvalue weighted by atomic mass is 10.1. The van der Waals surface area contributed by atoms with Crippen molar-refractivity contribution in [2.75, 3.05) is 13.2 Å². The van der Waals surface area contributed by atoms with E-state index in [4.69, 9.17) is 18.9 Å². The van der Waals surface area contributed by atoms with E-state index >= 15 is 0 Å².